The zero-order valence-corrected chi connectivity index (χ0v) is 19.0. The predicted octanol–water partition coefficient (Wildman–Crippen LogP) is 2.89. The van der Waals surface area contributed by atoms with Crippen LogP contribution in [0.25, 0.3) is 22.5 Å². The number of carbonyl (C=O) groups excluding carboxylic acids is 2. The van der Waals surface area contributed by atoms with Crippen molar-refractivity contribution in [3.05, 3.63) is 54.0 Å². The first-order chi connectivity index (χ1) is 16.4. The van der Waals surface area contributed by atoms with E-state index in [2.05, 4.69) is 20.4 Å². The summed E-state index contributed by atoms with van der Waals surface area (Å²) >= 11 is 0. The van der Waals surface area contributed by atoms with Crippen molar-refractivity contribution >= 4 is 34.4 Å². The Morgan fingerprint density at radius 2 is 2.12 bits per heavy atom. The lowest BCUT2D eigenvalue weighted by Gasteiger charge is -2.32. The molecule has 10 heteroatoms. The second kappa shape index (κ2) is 8.62. The van der Waals surface area contributed by atoms with Gasteiger partial charge in [0.2, 0.25) is 5.91 Å². The van der Waals surface area contributed by atoms with Crippen molar-refractivity contribution in [2.75, 3.05) is 23.3 Å². The van der Waals surface area contributed by atoms with Crippen LogP contribution in [0, 0.1) is 12.8 Å². The second-order valence-electron chi connectivity index (χ2n) is 8.49. The van der Waals surface area contributed by atoms with Gasteiger partial charge in [0.25, 0.3) is 5.91 Å². The molecule has 0 bridgehead atoms. The molecule has 1 saturated heterocycles. The van der Waals surface area contributed by atoms with Crippen LogP contribution in [0.5, 0.6) is 0 Å². The molecule has 34 heavy (non-hydrogen) atoms. The summed E-state index contributed by atoms with van der Waals surface area (Å²) in [5.74, 6) is 0.569. The van der Waals surface area contributed by atoms with E-state index in [1.165, 1.54) is 0 Å². The molecule has 0 aromatic carbocycles. The minimum Gasteiger partial charge on any atom is -0.463 e. The molecule has 0 spiro atoms. The molecule has 1 atom stereocenters. The quantitative estimate of drug-likeness (QED) is 0.469. The molecule has 10 nitrogen and oxygen atoms in total. The number of carbonyl (C=O) groups is 2. The van der Waals surface area contributed by atoms with Gasteiger partial charge in [0.1, 0.15) is 11.5 Å². The summed E-state index contributed by atoms with van der Waals surface area (Å²) in [7, 11) is 1.79. The van der Waals surface area contributed by atoms with E-state index in [0.29, 0.717) is 46.0 Å². The van der Waals surface area contributed by atoms with Gasteiger partial charge in [0, 0.05) is 20.1 Å². The number of piperidine rings is 1. The molecule has 5 rings (SSSR count). The third-order valence-electron chi connectivity index (χ3n) is 6.14. The van der Waals surface area contributed by atoms with Crippen LogP contribution in [-0.2, 0) is 11.8 Å². The van der Waals surface area contributed by atoms with Gasteiger partial charge in [-0.05, 0) is 50.1 Å². The first kappa shape index (κ1) is 21.6. The Bertz CT molecular complexity index is 1360. The first-order valence-electron chi connectivity index (χ1n) is 11.1. The molecule has 2 amide bonds. The van der Waals surface area contributed by atoms with E-state index < -0.39 is 0 Å². The lowest BCUT2D eigenvalue weighted by molar-refractivity contribution is -0.122. The maximum atomic E-state index is 13.3. The number of aryl methyl sites for hydroxylation is 2. The summed E-state index contributed by atoms with van der Waals surface area (Å²) in [4.78, 5) is 36.1. The topological polar surface area (TPSA) is 132 Å². The zero-order chi connectivity index (χ0) is 23.8. The standard InChI is InChI=1S/C24H25N7O3/c1-14-21-17(11-18(19-6-4-10-34-19)28-23(21)30(2)29-14)24(33)27-16-7-8-20(26-12-16)31-9-3-5-15(13-31)22(25)32/h4,6-8,10-12,15H,3,5,9,13H2,1-2H3,(H2,25,32)(H,27,33)/t15-/m0/s1. The molecule has 1 fully saturated rings. The van der Waals surface area contributed by atoms with Crippen molar-refractivity contribution in [1.82, 2.24) is 19.7 Å². The van der Waals surface area contributed by atoms with Gasteiger partial charge in [-0.1, -0.05) is 0 Å². The van der Waals surface area contributed by atoms with Gasteiger partial charge in [-0.3, -0.25) is 14.3 Å². The summed E-state index contributed by atoms with van der Waals surface area (Å²) in [6.45, 7) is 3.22. The largest absolute Gasteiger partial charge is 0.463 e. The molecular formula is C24H25N7O3. The third kappa shape index (κ3) is 3.98. The van der Waals surface area contributed by atoms with E-state index in [0.717, 1.165) is 25.2 Å². The number of amides is 2. The Balaban J connectivity index is 1.41. The first-order valence-corrected chi connectivity index (χ1v) is 11.1. The number of aromatic nitrogens is 4. The molecule has 0 unspecified atom stereocenters. The fourth-order valence-corrected chi connectivity index (χ4v) is 4.44. The highest BCUT2D eigenvalue weighted by Crippen LogP contribution is 2.28. The summed E-state index contributed by atoms with van der Waals surface area (Å²) in [6.07, 6.45) is 4.86. The molecule has 0 radical (unpaired) electrons. The van der Waals surface area contributed by atoms with E-state index in [9.17, 15) is 9.59 Å². The monoisotopic (exact) mass is 459 g/mol. The van der Waals surface area contributed by atoms with E-state index in [1.54, 1.807) is 48.5 Å². The summed E-state index contributed by atoms with van der Waals surface area (Å²) in [5, 5.41) is 8.05. The Kier molecular flexibility index (Phi) is 5.48. The van der Waals surface area contributed by atoms with E-state index in [1.807, 2.05) is 17.9 Å². The number of nitrogens with one attached hydrogen (secondary N) is 1. The highest BCUT2D eigenvalue weighted by Gasteiger charge is 2.25. The van der Waals surface area contributed by atoms with Crippen molar-refractivity contribution in [2.45, 2.75) is 19.8 Å². The van der Waals surface area contributed by atoms with Gasteiger partial charge in [-0.2, -0.15) is 5.10 Å². The van der Waals surface area contributed by atoms with Crippen molar-refractivity contribution in [1.29, 1.82) is 0 Å². The van der Waals surface area contributed by atoms with Crippen LogP contribution in [0.1, 0.15) is 28.9 Å². The van der Waals surface area contributed by atoms with Crippen LogP contribution in [0.2, 0.25) is 0 Å². The number of nitrogens with two attached hydrogens (primary N) is 1. The Morgan fingerprint density at radius 1 is 1.26 bits per heavy atom. The van der Waals surface area contributed by atoms with Crippen molar-refractivity contribution in [2.24, 2.45) is 18.7 Å². The van der Waals surface area contributed by atoms with Gasteiger partial charge in [-0.25, -0.2) is 9.97 Å². The van der Waals surface area contributed by atoms with Crippen LogP contribution in [0.4, 0.5) is 11.5 Å². The van der Waals surface area contributed by atoms with Gasteiger partial charge in [0.15, 0.2) is 11.4 Å². The number of fused-ring (bicyclic) bond motifs is 1. The van der Waals surface area contributed by atoms with E-state index in [4.69, 9.17) is 10.2 Å². The Morgan fingerprint density at radius 3 is 2.82 bits per heavy atom. The lowest BCUT2D eigenvalue weighted by atomic mass is 9.97. The minimum atomic E-state index is -0.294. The number of nitrogens with zero attached hydrogens (tertiary/aromatic N) is 5. The normalized spacial score (nSPS) is 16.1. The number of rotatable bonds is 5. The minimum absolute atomic E-state index is 0.171. The van der Waals surface area contributed by atoms with Gasteiger partial charge in [0.05, 0.1) is 40.7 Å². The molecule has 3 N–H and O–H groups in total. The van der Waals surface area contributed by atoms with E-state index >= 15 is 0 Å². The van der Waals surface area contributed by atoms with Crippen molar-refractivity contribution in [3.8, 4) is 11.5 Å². The molecule has 4 aromatic heterocycles. The molecule has 0 aliphatic carbocycles. The molecule has 1 aliphatic heterocycles. The van der Waals surface area contributed by atoms with Crippen molar-refractivity contribution in [3.63, 3.8) is 0 Å². The Labute approximate surface area is 195 Å². The lowest BCUT2D eigenvalue weighted by Crippen LogP contribution is -2.41. The number of hydrogen-bond donors (Lipinski definition) is 2. The maximum Gasteiger partial charge on any atom is 0.256 e. The van der Waals surface area contributed by atoms with Gasteiger partial charge < -0.3 is 20.4 Å². The van der Waals surface area contributed by atoms with Crippen LogP contribution in [0.15, 0.2) is 47.2 Å². The average molecular weight is 460 g/mol. The fraction of sp³-hybridized carbons (Fsp3) is 0.292. The SMILES string of the molecule is Cc1nn(C)c2nc(-c3ccco3)cc(C(=O)Nc3ccc(N4CCC[C@H](C(N)=O)C4)nc3)c12. The fourth-order valence-electron chi connectivity index (χ4n) is 4.44. The summed E-state index contributed by atoms with van der Waals surface area (Å²) in [6, 6.07) is 8.92. The smallest absolute Gasteiger partial charge is 0.256 e. The molecule has 174 valence electrons. The highest BCUT2D eigenvalue weighted by atomic mass is 16.3. The molecule has 0 saturated carbocycles. The third-order valence-corrected chi connectivity index (χ3v) is 6.14. The average Bonchev–Trinajstić information content (AvgIpc) is 3.47. The van der Waals surface area contributed by atoms with Crippen LogP contribution in [-0.4, -0.2) is 44.7 Å². The molecular weight excluding hydrogens is 434 g/mol. The molecule has 5 heterocycles. The number of primary amides is 1. The molecule has 1 aliphatic rings. The van der Waals surface area contributed by atoms with Crippen LogP contribution in [0.3, 0.4) is 0 Å². The van der Waals surface area contributed by atoms with Gasteiger partial charge >= 0.3 is 0 Å². The number of pyridine rings is 2. The Hall–Kier alpha value is -4.21. The molecule has 4 aromatic rings. The van der Waals surface area contributed by atoms with E-state index in [-0.39, 0.29) is 17.7 Å². The predicted molar refractivity (Wildman–Crippen MR) is 127 cm³/mol. The number of anilines is 2. The number of hydrogen-bond acceptors (Lipinski definition) is 7. The van der Waals surface area contributed by atoms with Crippen LogP contribution < -0.4 is 16.0 Å². The zero-order valence-electron chi connectivity index (χ0n) is 19.0. The second-order valence-corrected chi connectivity index (χ2v) is 8.49. The highest BCUT2D eigenvalue weighted by molar-refractivity contribution is 6.13. The number of furan rings is 1. The maximum absolute atomic E-state index is 13.3. The van der Waals surface area contributed by atoms with Gasteiger partial charge in [-0.15, -0.1) is 0 Å². The van der Waals surface area contributed by atoms with Crippen LogP contribution >= 0.6 is 0 Å². The summed E-state index contributed by atoms with van der Waals surface area (Å²) < 4.78 is 7.15. The van der Waals surface area contributed by atoms with Crippen molar-refractivity contribution < 1.29 is 14.0 Å². The summed E-state index contributed by atoms with van der Waals surface area (Å²) in [5.41, 5.74) is 8.35.